The standard InChI is InChI=1S/C14H14N4O/c15-18-13(9-10-3-2-8-19-10)11-4-1-5-12-14(11)17-7-6-16-12/h1-8,13,18H,9,15H2. The van der Waals surface area contributed by atoms with E-state index in [1.54, 1.807) is 18.7 Å². The summed E-state index contributed by atoms with van der Waals surface area (Å²) in [5.74, 6) is 6.55. The molecule has 19 heavy (non-hydrogen) atoms. The Morgan fingerprint density at radius 3 is 2.84 bits per heavy atom. The molecule has 5 nitrogen and oxygen atoms in total. The molecule has 0 amide bonds. The number of hydrogen-bond acceptors (Lipinski definition) is 5. The number of benzene rings is 1. The zero-order valence-electron chi connectivity index (χ0n) is 10.3. The molecule has 0 aliphatic rings. The lowest BCUT2D eigenvalue weighted by Crippen LogP contribution is -2.29. The van der Waals surface area contributed by atoms with Crippen molar-refractivity contribution in [3.63, 3.8) is 0 Å². The molecule has 0 saturated carbocycles. The van der Waals surface area contributed by atoms with Crippen LogP contribution in [0.1, 0.15) is 17.4 Å². The van der Waals surface area contributed by atoms with Crippen molar-refractivity contribution in [3.8, 4) is 0 Å². The summed E-state index contributed by atoms with van der Waals surface area (Å²) < 4.78 is 5.37. The number of rotatable bonds is 4. The first-order valence-electron chi connectivity index (χ1n) is 6.06. The Hall–Kier alpha value is -2.24. The number of hydrogen-bond donors (Lipinski definition) is 2. The smallest absolute Gasteiger partial charge is 0.105 e. The quantitative estimate of drug-likeness (QED) is 0.550. The van der Waals surface area contributed by atoms with Gasteiger partial charge in [0.1, 0.15) is 5.76 Å². The number of nitrogens with one attached hydrogen (secondary N) is 1. The first-order valence-corrected chi connectivity index (χ1v) is 6.06. The average molecular weight is 254 g/mol. The molecule has 1 unspecified atom stereocenters. The van der Waals surface area contributed by atoms with Gasteiger partial charge < -0.3 is 4.42 Å². The minimum Gasteiger partial charge on any atom is -0.469 e. The second kappa shape index (κ2) is 5.17. The van der Waals surface area contributed by atoms with Crippen molar-refractivity contribution in [1.29, 1.82) is 0 Å². The highest BCUT2D eigenvalue weighted by atomic mass is 16.3. The van der Waals surface area contributed by atoms with Gasteiger partial charge in [0, 0.05) is 18.8 Å². The fraction of sp³-hybridized carbons (Fsp3) is 0.143. The Kier molecular flexibility index (Phi) is 3.22. The Balaban J connectivity index is 2.01. The summed E-state index contributed by atoms with van der Waals surface area (Å²) in [6, 6.07) is 9.63. The molecule has 1 atom stereocenters. The molecule has 2 heterocycles. The van der Waals surface area contributed by atoms with Gasteiger partial charge in [0.2, 0.25) is 0 Å². The van der Waals surface area contributed by atoms with E-state index in [0.29, 0.717) is 6.42 Å². The summed E-state index contributed by atoms with van der Waals surface area (Å²) in [5.41, 5.74) is 5.56. The van der Waals surface area contributed by atoms with E-state index >= 15 is 0 Å². The minimum absolute atomic E-state index is 0.0634. The van der Waals surface area contributed by atoms with Crippen LogP contribution in [0.3, 0.4) is 0 Å². The van der Waals surface area contributed by atoms with E-state index in [9.17, 15) is 0 Å². The maximum absolute atomic E-state index is 5.67. The predicted octanol–water partition coefficient (Wildman–Crippen LogP) is 1.97. The Labute approximate surface area is 110 Å². The molecule has 0 bridgehead atoms. The third-order valence-electron chi connectivity index (χ3n) is 3.09. The lowest BCUT2D eigenvalue weighted by atomic mass is 10.0. The molecular weight excluding hydrogens is 240 g/mol. The summed E-state index contributed by atoms with van der Waals surface area (Å²) in [6.07, 6.45) is 5.70. The molecule has 2 aromatic heterocycles. The lowest BCUT2D eigenvalue weighted by Gasteiger charge is -2.16. The van der Waals surface area contributed by atoms with E-state index in [1.807, 2.05) is 30.3 Å². The zero-order valence-corrected chi connectivity index (χ0v) is 10.3. The van der Waals surface area contributed by atoms with Crippen LogP contribution in [0, 0.1) is 0 Å². The number of aromatic nitrogens is 2. The van der Waals surface area contributed by atoms with Crippen LogP contribution in [-0.2, 0) is 6.42 Å². The van der Waals surface area contributed by atoms with Crippen LogP contribution in [0.2, 0.25) is 0 Å². The van der Waals surface area contributed by atoms with E-state index in [-0.39, 0.29) is 6.04 Å². The fourth-order valence-electron chi connectivity index (χ4n) is 2.18. The molecule has 5 heteroatoms. The largest absolute Gasteiger partial charge is 0.469 e. The maximum atomic E-state index is 5.67. The summed E-state index contributed by atoms with van der Waals surface area (Å²) in [5, 5.41) is 0. The molecule has 3 N–H and O–H groups in total. The molecule has 0 saturated heterocycles. The molecule has 0 spiro atoms. The highest BCUT2D eigenvalue weighted by Crippen LogP contribution is 2.23. The molecule has 0 radical (unpaired) electrons. The van der Waals surface area contributed by atoms with Crippen LogP contribution in [-0.4, -0.2) is 9.97 Å². The van der Waals surface area contributed by atoms with Crippen molar-refractivity contribution in [2.24, 2.45) is 5.84 Å². The van der Waals surface area contributed by atoms with Crippen molar-refractivity contribution in [2.75, 3.05) is 0 Å². The van der Waals surface area contributed by atoms with E-state index < -0.39 is 0 Å². The van der Waals surface area contributed by atoms with E-state index in [1.165, 1.54) is 0 Å². The Morgan fingerprint density at radius 2 is 2.05 bits per heavy atom. The maximum Gasteiger partial charge on any atom is 0.105 e. The van der Waals surface area contributed by atoms with Crippen molar-refractivity contribution < 1.29 is 4.42 Å². The van der Waals surface area contributed by atoms with Gasteiger partial charge in [-0.3, -0.25) is 21.2 Å². The van der Waals surface area contributed by atoms with Crippen LogP contribution < -0.4 is 11.3 Å². The molecule has 0 aliphatic carbocycles. The number of fused-ring (bicyclic) bond motifs is 1. The van der Waals surface area contributed by atoms with Crippen LogP contribution in [0.15, 0.2) is 53.4 Å². The number of furan rings is 1. The normalized spacial score (nSPS) is 12.7. The van der Waals surface area contributed by atoms with Gasteiger partial charge >= 0.3 is 0 Å². The van der Waals surface area contributed by atoms with E-state index in [2.05, 4.69) is 15.4 Å². The van der Waals surface area contributed by atoms with Gasteiger partial charge in [0.25, 0.3) is 0 Å². The molecule has 0 fully saturated rings. The molecule has 1 aromatic carbocycles. The summed E-state index contributed by atoms with van der Waals surface area (Å²) in [6.45, 7) is 0. The van der Waals surface area contributed by atoms with Gasteiger partial charge in [-0.25, -0.2) is 0 Å². The number of hydrazine groups is 1. The summed E-state index contributed by atoms with van der Waals surface area (Å²) in [4.78, 5) is 8.69. The van der Waals surface area contributed by atoms with Gasteiger partial charge in [-0.1, -0.05) is 12.1 Å². The topological polar surface area (TPSA) is 77.0 Å². The van der Waals surface area contributed by atoms with E-state index in [4.69, 9.17) is 10.3 Å². The predicted molar refractivity (Wildman–Crippen MR) is 72.0 cm³/mol. The Morgan fingerprint density at radius 1 is 1.16 bits per heavy atom. The van der Waals surface area contributed by atoms with Gasteiger partial charge in [0.15, 0.2) is 0 Å². The third-order valence-corrected chi connectivity index (χ3v) is 3.09. The van der Waals surface area contributed by atoms with Gasteiger partial charge in [0.05, 0.1) is 23.3 Å². The molecule has 96 valence electrons. The number of nitrogens with zero attached hydrogens (tertiary/aromatic N) is 2. The van der Waals surface area contributed by atoms with Crippen molar-refractivity contribution >= 4 is 11.0 Å². The van der Waals surface area contributed by atoms with Crippen molar-refractivity contribution in [2.45, 2.75) is 12.5 Å². The number of para-hydroxylation sites is 1. The number of nitrogens with two attached hydrogens (primary N) is 1. The summed E-state index contributed by atoms with van der Waals surface area (Å²) in [7, 11) is 0. The lowest BCUT2D eigenvalue weighted by molar-refractivity contribution is 0.456. The second-order valence-corrected chi connectivity index (χ2v) is 4.27. The zero-order chi connectivity index (χ0) is 13.1. The van der Waals surface area contributed by atoms with Crippen molar-refractivity contribution in [1.82, 2.24) is 15.4 Å². The SMILES string of the molecule is NNC(Cc1ccco1)c1cccc2nccnc12. The highest BCUT2D eigenvalue weighted by molar-refractivity contribution is 5.78. The Bertz CT molecular complexity index is 661. The van der Waals surface area contributed by atoms with E-state index in [0.717, 1.165) is 22.4 Å². The molecule has 0 aliphatic heterocycles. The fourth-order valence-corrected chi connectivity index (χ4v) is 2.18. The van der Waals surface area contributed by atoms with Crippen molar-refractivity contribution in [3.05, 3.63) is 60.3 Å². The van der Waals surface area contributed by atoms with Gasteiger partial charge in [-0.05, 0) is 23.8 Å². The first-order chi connectivity index (χ1) is 9.38. The van der Waals surface area contributed by atoms with Gasteiger partial charge in [-0.2, -0.15) is 0 Å². The average Bonchev–Trinajstić information content (AvgIpc) is 2.97. The molecule has 3 aromatic rings. The second-order valence-electron chi connectivity index (χ2n) is 4.27. The monoisotopic (exact) mass is 254 g/mol. The van der Waals surface area contributed by atoms with Crippen LogP contribution >= 0.6 is 0 Å². The van der Waals surface area contributed by atoms with Gasteiger partial charge in [-0.15, -0.1) is 0 Å². The van der Waals surface area contributed by atoms with Crippen LogP contribution in [0.4, 0.5) is 0 Å². The highest BCUT2D eigenvalue weighted by Gasteiger charge is 2.15. The summed E-state index contributed by atoms with van der Waals surface area (Å²) >= 11 is 0. The molecular formula is C14H14N4O. The first kappa shape index (κ1) is 11.8. The minimum atomic E-state index is -0.0634. The van der Waals surface area contributed by atoms with Crippen LogP contribution in [0.5, 0.6) is 0 Å². The molecule has 3 rings (SSSR count). The van der Waals surface area contributed by atoms with Crippen LogP contribution in [0.25, 0.3) is 11.0 Å². The third kappa shape index (κ3) is 2.33.